The lowest BCUT2D eigenvalue weighted by Crippen LogP contribution is -2.51. The highest BCUT2D eigenvalue weighted by Gasteiger charge is 2.35. The molecular formula is C13H23NO2. The van der Waals surface area contributed by atoms with Gasteiger partial charge in [0, 0.05) is 19.1 Å². The molecule has 2 aliphatic rings. The summed E-state index contributed by atoms with van der Waals surface area (Å²) in [5.74, 6) is 0.554. The summed E-state index contributed by atoms with van der Waals surface area (Å²) in [5, 5.41) is 0. The number of carbonyl (C=O) groups excluding carboxylic acids is 1. The third-order valence-corrected chi connectivity index (χ3v) is 3.95. The van der Waals surface area contributed by atoms with E-state index in [1.54, 1.807) is 0 Å². The minimum Gasteiger partial charge on any atom is -0.376 e. The standard InChI is InChI=1S/C13H23NO2/c1-3-11(12-7-5-9-16-12)14-8-4-6-10(2)13(14)15/h10-12H,3-9H2,1-2H3/t10?,11-,12?/m0/s1. The van der Waals surface area contributed by atoms with Gasteiger partial charge in [-0.2, -0.15) is 0 Å². The third-order valence-electron chi connectivity index (χ3n) is 3.95. The van der Waals surface area contributed by atoms with E-state index < -0.39 is 0 Å². The third kappa shape index (κ3) is 2.24. The van der Waals surface area contributed by atoms with E-state index in [1.807, 2.05) is 0 Å². The Morgan fingerprint density at radius 2 is 2.25 bits per heavy atom. The van der Waals surface area contributed by atoms with E-state index in [9.17, 15) is 4.79 Å². The lowest BCUT2D eigenvalue weighted by atomic mass is 9.94. The van der Waals surface area contributed by atoms with Gasteiger partial charge in [-0.05, 0) is 32.1 Å². The van der Waals surface area contributed by atoms with Crippen LogP contribution in [0.3, 0.4) is 0 Å². The van der Waals surface area contributed by atoms with E-state index in [0.29, 0.717) is 18.1 Å². The number of carbonyl (C=O) groups is 1. The van der Waals surface area contributed by atoms with E-state index in [0.717, 1.165) is 45.3 Å². The SMILES string of the molecule is CC[C@@H](C1CCCO1)N1CCCC(C)C1=O. The topological polar surface area (TPSA) is 29.5 Å². The lowest BCUT2D eigenvalue weighted by molar-refractivity contribution is -0.143. The van der Waals surface area contributed by atoms with Crippen LogP contribution in [0.5, 0.6) is 0 Å². The van der Waals surface area contributed by atoms with Crippen molar-refractivity contribution in [1.82, 2.24) is 4.90 Å². The normalized spacial score (nSPS) is 33.1. The Hall–Kier alpha value is -0.570. The van der Waals surface area contributed by atoms with Crippen LogP contribution in [0.15, 0.2) is 0 Å². The average Bonchev–Trinajstić information content (AvgIpc) is 2.79. The van der Waals surface area contributed by atoms with Gasteiger partial charge in [0.05, 0.1) is 12.1 Å². The van der Waals surface area contributed by atoms with Crippen molar-refractivity contribution in [2.24, 2.45) is 5.92 Å². The zero-order chi connectivity index (χ0) is 11.5. The largest absolute Gasteiger partial charge is 0.376 e. The van der Waals surface area contributed by atoms with Crippen molar-refractivity contribution in [3.8, 4) is 0 Å². The second kappa shape index (κ2) is 5.17. The quantitative estimate of drug-likeness (QED) is 0.737. The molecule has 2 unspecified atom stereocenters. The minimum absolute atomic E-state index is 0.212. The first-order chi connectivity index (χ1) is 7.74. The Balaban J connectivity index is 2.04. The first-order valence-corrected chi connectivity index (χ1v) is 6.66. The van der Waals surface area contributed by atoms with Gasteiger partial charge in [-0.1, -0.05) is 13.8 Å². The zero-order valence-corrected chi connectivity index (χ0v) is 10.4. The van der Waals surface area contributed by atoms with Crippen molar-refractivity contribution < 1.29 is 9.53 Å². The van der Waals surface area contributed by atoms with Gasteiger partial charge in [-0.25, -0.2) is 0 Å². The van der Waals surface area contributed by atoms with E-state index in [1.165, 1.54) is 0 Å². The summed E-state index contributed by atoms with van der Waals surface area (Å²) in [5.41, 5.74) is 0. The fourth-order valence-electron chi connectivity index (χ4n) is 3.00. The van der Waals surface area contributed by atoms with Crippen molar-refractivity contribution in [3.05, 3.63) is 0 Å². The fraction of sp³-hybridized carbons (Fsp3) is 0.923. The highest BCUT2D eigenvalue weighted by Crippen LogP contribution is 2.27. The lowest BCUT2D eigenvalue weighted by Gasteiger charge is -2.39. The number of rotatable bonds is 3. The summed E-state index contributed by atoms with van der Waals surface area (Å²) < 4.78 is 5.75. The molecule has 3 heteroatoms. The molecule has 0 aromatic rings. The molecule has 2 fully saturated rings. The number of piperidine rings is 1. The number of hydrogen-bond acceptors (Lipinski definition) is 2. The molecule has 0 radical (unpaired) electrons. The summed E-state index contributed by atoms with van der Waals surface area (Å²) >= 11 is 0. The maximum atomic E-state index is 12.2. The Morgan fingerprint density at radius 3 is 2.88 bits per heavy atom. The molecule has 16 heavy (non-hydrogen) atoms. The Morgan fingerprint density at radius 1 is 1.44 bits per heavy atom. The van der Waals surface area contributed by atoms with Crippen LogP contribution >= 0.6 is 0 Å². The Bertz CT molecular complexity index is 248. The summed E-state index contributed by atoms with van der Waals surface area (Å²) in [6.45, 7) is 6.02. The predicted molar refractivity (Wildman–Crippen MR) is 63.2 cm³/mol. The van der Waals surface area contributed by atoms with E-state index in [4.69, 9.17) is 4.74 Å². The summed E-state index contributed by atoms with van der Waals surface area (Å²) in [6, 6.07) is 0.317. The van der Waals surface area contributed by atoms with Crippen LogP contribution in [0.25, 0.3) is 0 Å². The molecule has 0 saturated carbocycles. The van der Waals surface area contributed by atoms with Crippen LogP contribution in [0.2, 0.25) is 0 Å². The first kappa shape index (κ1) is 11.9. The molecule has 3 nitrogen and oxygen atoms in total. The van der Waals surface area contributed by atoms with Crippen LogP contribution in [-0.2, 0) is 9.53 Å². The summed E-state index contributed by atoms with van der Waals surface area (Å²) in [6.07, 6.45) is 5.78. The molecule has 1 amide bonds. The molecule has 0 spiro atoms. The Kier molecular flexibility index (Phi) is 3.85. The van der Waals surface area contributed by atoms with Gasteiger partial charge < -0.3 is 9.64 Å². The molecule has 0 N–H and O–H groups in total. The first-order valence-electron chi connectivity index (χ1n) is 6.66. The highest BCUT2D eigenvalue weighted by atomic mass is 16.5. The fourth-order valence-corrected chi connectivity index (χ4v) is 3.00. The van der Waals surface area contributed by atoms with Crippen LogP contribution in [-0.4, -0.2) is 36.1 Å². The molecule has 0 aromatic heterocycles. The number of likely N-dealkylation sites (tertiary alicyclic amines) is 1. The Labute approximate surface area is 98.1 Å². The highest BCUT2D eigenvalue weighted by molar-refractivity contribution is 5.79. The molecule has 2 saturated heterocycles. The molecular weight excluding hydrogens is 202 g/mol. The maximum absolute atomic E-state index is 12.2. The number of nitrogens with zero attached hydrogens (tertiary/aromatic N) is 1. The molecule has 2 heterocycles. The number of hydrogen-bond donors (Lipinski definition) is 0. The van der Waals surface area contributed by atoms with Crippen LogP contribution < -0.4 is 0 Å². The van der Waals surface area contributed by atoms with E-state index in [2.05, 4.69) is 18.7 Å². The van der Waals surface area contributed by atoms with Crippen LogP contribution in [0.1, 0.15) is 46.0 Å². The molecule has 92 valence electrons. The smallest absolute Gasteiger partial charge is 0.225 e. The van der Waals surface area contributed by atoms with Gasteiger partial charge in [0.15, 0.2) is 0 Å². The monoisotopic (exact) mass is 225 g/mol. The molecule has 3 atom stereocenters. The molecule has 0 aromatic carbocycles. The van der Waals surface area contributed by atoms with Crippen molar-refractivity contribution in [2.75, 3.05) is 13.2 Å². The van der Waals surface area contributed by atoms with E-state index in [-0.39, 0.29) is 5.92 Å². The number of amides is 1. The van der Waals surface area contributed by atoms with Gasteiger partial charge in [0.25, 0.3) is 0 Å². The average molecular weight is 225 g/mol. The number of ether oxygens (including phenoxy) is 1. The maximum Gasteiger partial charge on any atom is 0.225 e. The zero-order valence-electron chi connectivity index (χ0n) is 10.4. The van der Waals surface area contributed by atoms with Gasteiger partial charge >= 0.3 is 0 Å². The summed E-state index contributed by atoms with van der Waals surface area (Å²) in [4.78, 5) is 14.2. The van der Waals surface area contributed by atoms with Gasteiger partial charge in [0.1, 0.15) is 0 Å². The van der Waals surface area contributed by atoms with E-state index >= 15 is 0 Å². The second-order valence-corrected chi connectivity index (χ2v) is 5.10. The summed E-state index contributed by atoms with van der Waals surface area (Å²) in [7, 11) is 0. The minimum atomic E-state index is 0.212. The van der Waals surface area contributed by atoms with Gasteiger partial charge in [-0.15, -0.1) is 0 Å². The molecule has 2 aliphatic heterocycles. The molecule has 0 bridgehead atoms. The van der Waals surface area contributed by atoms with Gasteiger partial charge in [0.2, 0.25) is 5.91 Å². The van der Waals surface area contributed by atoms with Gasteiger partial charge in [-0.3, -0.25) is 4.79 Å². The predicted octanol–water partition coefficient (Wildman–Crippen LogP) is 2.20. The molecule has 2 rings (SSSR count). The molecule has 0 aliphatic carbocycles. The van der Waals surface area contributed by atoms with Crippen molar-refractivity contribution in [2.45, 2.75) is 58.1 Å². The van der Waals surface area contributed by atoms with Crippen molar-refractivity contribution >= 4 is 5.91 Å². The van der Waals surface area contributed by atoms with Crippen molar-refractivity contribution in [3.63, 3.8) is 0 Å². The van der Waals surface area contributed by atoms with Crippen LogP contribution in [0, 0.1) is 5.92 Å². The van der Waals surface area contributed by atoms with Crippen molar-refractivity contribution in [1.29, 1.82) is 0 Å². The second-order valence-electron chi connectivity index (χ2n) is 5.10. The van der Waals surface area contributed by atoms with Crippen LogP contribution in [0.4, 0.5) is 0 Å².